The third kappa shape index (κ3) is 3.54. The fraction of sp³-hybridized carbons (Fsp3) is 0.316. The van der Waals surface area contributed by atoms with Crippen LogP contribution in [0.1, 0.15) is 23.6 Å². The van der Waals surface area contributed by atoms with Crippen molar-refractivity contribution in [3.05, 3.63) is 71.8 Å². The Labute approximate surface area is 136 Å². The molecule has 1 saturated heterocycles. The number of carbonyl (C=O) groups excluding carboxylic acids is 1. The quantitative estimate of drug-likeness (QED) is 0.941. The molecule has 0 saturated carbocycles. The molecule has 2 aromatic rings. The summed E-state index contributed by atoms with van der Waals surface area (Å²) in [6.45, 7) is 0.946. The molecule has 0 aromatic heterocycles. The average Bonchev–Trinajstić information content (AvgIpc) is 3.05. The molecule has 23 heavy (non-hydrogen) atoms. The van der Waals surface area contributed by atoms with E-state index in [0.717, 1.165) is 17.5 Å². The lowest BCUT2D eigenvalue weighted by Crippen LogP contribution is -2.33. The number of amides is 1. The number of ether oxygens (including phenoxy) is 1. The Morgan fingerprint density at radius 3 is 2.39 bits per heavy atom. The smallest absolute Gasteiger partial charge is 0.410 e. The number of likely N-dealkylation sites (tertiary alicyclic amines) is 1. The number of benzene rings is 2. The minimum Gasteiger partial charge on any atom is -0.445 e. The van der Waals surface area contributed by atoms with Crippen molar-refractivity contribution in [3.63, 3.8) is 0 Å². The van der Waals surface area contributed by atoms with Crippen LogP contribution in [0.15, 0.2) is 60.7 Å². The molecule has 0 bridgehead atoms. The van der Waals surface area contributed by atoms with Crippen LogP contribution in [0.4, 0.5) is 4.79 Å². The van der Waals surface area contributed by atoms with Crippen LogP contribution >= 0.6 is 0 Å². The van der Waals surface area contributed by atoms with Crippen LogP contribution in [0.25, 0.3) is 0 Å². The van der Waals surface area contributed by atoms with Crippen molar-refractivity contribution in [1.29, 1.82) is 0 Å². The Morgan fingerprint density at radius 2 is 1.74 bits per heavy atom. The highest BCUT2D eigenvalue weighted by atomic mass is 16.6. The molecule has 2 atom stereocenters. The Balaban J connectivity index is 1.71. The number of rotatable bonds is 4. The van der Waals surface area contributed by atoms with Gasteiger partial charge in [-0.2, -0.15) is 0 Å². The number of nitrogens with zero attached hydrogens (tertiary/aromatic N) is 1. The summed E-state index contributed by atoms with van der Waals surface area (Å²) in [6.07, 6.45) is 0.468. The zero-order valence-corrected chi connectivity index (χ0v) is 13.0. The van der Waals surface area contributed by atoms with Crippen molar-refractivity contribution in [3.8, 4) is 0 Å². The topological polar surface area (TPSA) is 49.8 Å². The maximum absolute atomic E-state index is 12.5. The Kier molecular flexibility index (Phi) is 4.93. The molecule has 0 radical (unpaired) electrons. The second-order valence-electron chi connectivity index (χ2n) is 5.82. The fourth-order valence-corrected chi connectivity index (χ4v) is 3.16. The van der Waals surface area contributed by atoms with Gasteiger partial charge in [-0.25, -0.2) is 4.79 Å². The van der Waals surface area contributed by atoms with Gasteiger partial charge in [0.25, 0.3) is 0 Å². The van der Waals surface area contributed by atoms with E-state index in [4.69, 9.17) is 4.74 Å². The maximum Gasteiger partial charge on any atom is 0.410 e. The number of hydrogen-bond acceptors (Lipinski definition) is 3. The first kappa shape index (κ1) is 15.6. The number of carbonyl (C=O) groups is 1. The minimum absolute atomic E-state index is 0.0571. The molecule has 1 N–H and O–H groups in total. The number of aliphatic hydroxyl groups is 1. The molecule has 3 rings (SSSR count). The standard InChI is InChI=1S/C19H21NO3/c21-13-17-11-12-20(18(17)16-9-5-2-6-10-16)19(22)23-14-15-7-3-1-4-8-15/h1-10,17-18,21H,11-14H2/t17-,18+/m0/s1. The van der Waals surface area contributed by atoms with E-state index in [2.05, 4.69) is 0 Å². The molecule has 4 nitrogen and oxygen atoms in total. The van der Waals surface area contributed by atoms with Gasteiger partial charge in [0.2, 0.25) is 0 Å². The number of aliphatic hydroxyl groups excluding tert-OH is 1. The SMILES string of the molecule is O=C(OCc1ccccc1)N1CC[C@@H](CO)[C@H]1c1ccccc1. The highest BCUT2D eigenvalue weighted by Gasteiger charge is 2.38. The van der Waals surface area contributed by atoms with Gasteiger partial charge in [-0.3, -0.25) is 0 Å². The molecular formula is C19H21NO3. The summed E-state index contributed by atoms with van der Waals surface area (Å²) in [6, 6.07) is 19.4. The lowest BCUT2D eigenvalue weighted by atomic mass is 9.94. The summed E-state index contributed by atoms with van der Waals surface area (Å²) in [5.74, 6) is 0.0571. The molecular weight excluding hydrogens is 290 g/mol. The maximum atomic E-state index is 12.5. The van der Waals surface area contributed by atoms with Crippen LogP contribution in [-0.2, 0) is 11.3 Å². The van der Waals surface area contributed by atoms with Crippen LogP contribution in [0.5, 0.6) is 0 Å². The Bertz CT molecular complexity index is 630. The van der Waals surface area contributed by atoms with E-state index in [0.29, 0.717) is 6.54 Å². The Morgan fingerprint density at radius 1 is 1.09 bits per heavy atom. The van der Waals surface area contributed by atoms with E-state index >= 15 is 0 Å². The van der Waals surface area contributed by atoms with Gasteiger partial charge in [0, 0.05) is 19.1 Å². The van der Waals surface area contributed by atoms with Gasteiger partial charge in [0.05, 0.1) is 6.04 Å². The summed E-state index contributed by atoms with van der Waals surface area (Å²) in [4.78, 5) is 14.2. The first-order chi connectivity index (χ1) is 11.3. The van der Waals surface area contributed by atoms with Crippen LogP contribution < -0.4 is 0 Å². The predicted molar refractivity (Wildman–Crippen MR) is 87.7 cm³/mol. The van der Waals surface area contributed by atoms with Gasteiger partial charge in [0.15, 0.2) is 0 Å². The summed E-state index contributed by atoms with van der Waals surface area (Å²) >= 11 is 0. The van der Waals surface area contributed by atoms with Crippen molar-refractivity contribution in [1.82, 2.24) is 4.90 Å². The van der Waals surface area contributed by atoms with Gasteiger partial charge < -0.3 is 14.7 Å². The first-order valence-electron chi connectivity index (χ1n) is 7.92. The highest BCUT2D eigenvalue weighted by Crippen LogP contribution is 2.37. The fourth-order valence-electron chi connectivity index (χ4n) is 3.16. The number of hydrogen-bond donors (Lipinski definition) is 1. The summed E-state index contributed by atoms with van der Waals surface area (Å²) in [5.41, 5.74) is 2.01. The second kappa shape index (κ2) is 7.29. The molecule has 1 amide bonds. The molecule has 4 heteroatoms. The molecule has 0 unspecified atom stereocenters. The molecule has 0 spiro atoms. The third-order valence-corrected chi connectivity index (χ3v) is 4.34. The highest BCUT2D eigenvalue weighted by molar-refractivity contribution is 5.69. The monoisotopic (exact) mass is 311 g/mol. The van der Waals surface area contributed by atoms with Crippen LogP contribution in [-0.4, -0.2) is 29.3 Å². The molecule has 1 aliphatic rings. The van der Waals surface area contributed by atoms with Crippen molar-refractivity contribution in [2.24, 2.45) is 5.92 Å². The predicted octanol–water partition coefficient (Wildman–Crippen LogP) is 3.38. The average molecular weight is 311 g/mol. The minimum atomic E-state index is -0.321. The van der Waals surface area contributed by atoms with Crippen molar-refractivity contribution in [2.75, 3.05) is 13.2 Å². The summed E-state index contributed by atoms with van der Waals surface area (Å²) in [5, 5.41) is 9.63. The van der Waals surface area contributed by atoms with E-state index in [1.54, 1.807) is 4.90 Å². The van der Waals surface area contributed by atoms with E-state index in [9.17, 15) is 9.90 Å². The second-order valence-corrected chi connectivity index (χ2v) is 5.82. The van der Waals surface area contributed by atoms with Gasteiger partial charge >= 0.3 is 6.09 Å². The zero-order chi connectivity index (χ0) is 16.1. The molecule has 1 aliphatic heterocycles. The third-order valence-electron chi connectivity index (χ3n) is 4.34. The van der Waals surface area contributed by atoms with E-state index < -0.39 is 0 Å². The zero-order valence-electron chi connectivity index (χ0n) is 13.0. The van der Waals surface area contributed by atoms with Crippen LogP contribution in [0.2, 0.25) is 0 Å². The van der Waals surface area contributed by atoms with Crippen LogP contribution in [0, 0.1) is 5.92 Å². The molecule has 2 aromatic carbocycles. The van der Waals surface area contributed by atoms with Gasteiger partial charge in [0.1, 0.15) is 6.61 Å². The van der Waals surface area contributed by atoms with Crippen molar-refractivity contribution >= 4 is 6.09 Å². The van der Waals surface area contributed by atoms with Gasteiger partial charge in [-0.05, 0) is 17.5 Å². The molecule has 120 valence electrons. The van der Waals surface area contributed by atoms with E-state index in [1.165, 1.54) is 0 Å². The van der Waals surface area contributed by atoms with Crippen molar-refractivity contribution < 1.29 is 14.6 Å². The summed E-state index contributed by atoms with van der Waals surface area (Å²) < 4.78 is 5.46. The lowest BCUT2D eigenvalue weighted by molar-refractivity contribution is 0.0837. The van der Waals surface area contributed by atoms with Gasteiger partial charge in [-0.1, -0.05) is 60.7 Å². The first-order valence-corrected chi connectivity index (χ1v) is 7.92. The summed E-state index contributed by atoms with van der Waals surface area (Å²) in [7, 11) is 0. The Hall–Kier alpha value is -2.33. The lowest BCUT2D eigenvalue weighted by Gasteiger charge is -2.27. The molecule has 0 aliphatic carbocycles. The largest absolute Gasteiger partial charge is 0.445 e. The molecule has 1 heterocycles. The van der Waals surface area contributed by atoms with Crippen LogP contribution in [0.3, 0.4) is 0 Å². The molecule has 1 fully saturated rings. The van der Waals surface area contributed by atoms with Gasteiger partial charge in [-0.15, -0.1) is 0 Å². The van der Waals surface area contributed by atoms with E-state index in [-0.39, 0.29) is 31.3 Å². The normalized spacial score (nSPS) is 20.5. The van der Waals surface area contributed by atoms with E-state index in [1.807, 2.05) is 60.7 Å². The van der Waals surface area contributed by atoms with Crippen molar-refractivity contribution in [2.45, 2.75) is 19.1 Å².